The molecule has 0 amide bonds. The van der Waals surface area contributed by atoms with Crippen LogP contribution in [0.3, 0.4) is 0 Å². The second kappa shape index (κ2) is 3.27. The highest BCUT2D eigenvalue weighted by molar-refractivity contribution is 5.77. The predicted octanol–water partition coefficient (Wildman–Crippen LogP) is 2.71. The van der Waals surface area contributed by atoms with Gasteiger partial charge in [0.05, 0.1) is 0 Å². The Morgan fingerprint density at radius 3 is 2.50 bits per heavy atom. The van der Waals surface area contributed by atoms with Gasteiger partial charge in [-0.15, -0.1) is 5.10 Å². The first-order valence-corrected chi connectivity index (χ1v) is 5.31. The van der Waals surface area contributed by atoms with Crippen LogP contribution in [-0.2, 0) is 12.5 Å². The van der Waals surface area contributed by atoms with Gasteiger partial charge in [0.2, 0.25) is 0 Å². The third kappa shape index (κ3) is 1.49. The minimum atomic E-state index is -0.213. The van der Waals surface area contributed by atoms with Crippen molar-refractivity contribution >= 4 is 11.0 Å². The zero-order valence-electron chi connectivity index (χ0n) is 10.3. The van der Waals surface area contributed by atoms with Crippen molar-refractivity contribution in [2.24, 2.45) is 7.05 Å². The molecular formula is C12H16FN3. The molecule has 2 aromatic rings. The summed E-state index contributed by atoms with van der Waals surface area (Å²) in [6.45, 7) is 8.01. The van der Waals surface area contributed by atoms with Crippen LogP contribution >= 0.6 is 0 Å². The van der Waals surface area contributed by atoms with Gasteiger partial charge in [-0.3, -0.25) is 0 Å². The molecule has 1 heterocycles. The zero-order valence-corrected chi connectivity index (χ0v) is 10.3. The van der Waals surface area contributed by atoms with Crippen LogP contribution in [0.15, 0.2) is 6.07 Å². The van der Waals surface area contributed by atoms with Crippen molar-refractivity contribution in [2.45, 2.75) is 33.1 Å². The molecular weight excluding hydrogens is 205 g/mol. The molecule has 0 atom stereocenters. The predicted molar refractivity (Wildman–Crippen MR) is 61.9 cm³/mol. The van der Waals surface area contributed by atoms with Crippen molar-refractivity contribution < 1.29 is 4.39 Å². The number of benzene rings is 1. The van der Waals surface area contributed by atoms with Gasteiger partial charge in [0, 0.05) is 7.05 Å². The lowest BCUT2D eigenvalue weighted by Gasteiger charge is -2.22. The summed E-state index contributed by atoms with van der Waals surface area (Å²) in [5.41, 5.74) is 2.68. The van der Waals surface area contributed by atoms with Gasteiger partial charge in [0.25, 0.3) is 0 Å². The molecule has 0 N–H and O–H groups in total. The second-order valence-electron chi connectivity index (χ2n) is 5.19. The Balaban J connectivity index is 2.86. The molecule has 0 fully saturated rings. The summed E-state index contributed by atoms with van der Waals surface area (Å²) in [7, 11) is 1.70. The molecule has 0 radical (unpaired) electrons. The average molecular weight is 221 g/mol. The van der Waals surface area contributed by atoms with E-state index in [1.807, 2.05) is 13.0 Å². The van der Waals surface area contributed by atoms with E-state index >= 15 is 0 Å². The van der Waals surface area contributed by atoms with Crippen LogP contribution in [0, 0.1) is 12.7 Å². The Bertz CT molecular complexity index is 549. The van der Waals surface area contributed by atoms with E-state index in [1.54, 1.807) is 7.05 Å². The summed E-state index contributed by atoms with van der Waals surface area (Å²) < 4.78 is 15.7. The van der Waals surface area contributed by atoms with Crippen molar-refractivity contribution in [3.8, 4) is 0 Å². The van der Waals surface area contributed by atoms with Crippen LogP contribution < -0.4 is 0 Å². The summed E-state index contributed by atoms with van der Waals surface area (Å²) in [5, 5.41) is 7.81. The number of rotatable bonds is 0. The Morgan fingerprint density at radius 1 is 1.31 bits per heavy atom. The highest BCUT2D eigenvalue weighted by atomic mass is 19.1. The van der Waals surface area contributed by atoms with Gasteiger partial charge < -0.3 is 0 Å². The Morgan fingerprint density at radius 2 is 1.94 bits per heavy atom. The summed E-state index contributed by atoms with van der Waals surface area (Å²) >= 11 is 0. The molecule has 2 rings (SSSR count). The van der Waals surface area contributed by atoms with Crippen LogP contribution in [0.5, 0.6) is 0 Å². The van der Waals surface area contributed by atoms with Gasteiger partial charge in [-0.25, -0.2) is 9.07 Å². The summed E-state index contributed by atoms with van der Waals surface area (Å²) in [6, 6.07) is 1.93. The molecule has 4 heteroatoms. The fourth-order valence-corrected chi connectivity index (χ4v) is 2.04. The van der Waals surface area contributed by atoms with Crippen LogP contribution in [0.1, 0.15) is 31.9 Å². The van der Waals surface area contributed by atoms with E-state index in [0.717, 1.165) is 5.56 Å². The molecule has 0 unspecified atom stereocenters. The lowest BCUT2D eigenvalue weighted by atomic mass is 9.83. The molecule has 16 heavy (non-hydrogen) atoms. The highest BCUT2D eigenvalue weighted by Crippen LogP contribution is 2.31. The Kier molecular flexibility index (Phi) is 2.26. The molecule has 0 saturated heterocycles. The maximum atomic E-state index is 14.2. The molecule has 0 saturated carbocycles. The molecule has 1 aromatic carbocycles. The third-order valence-corrected chi connectivity index (χ3v) is 2.88. The second-order valence-corrected chi connectivity index (χ2v) is 5.19. The molecule has 0 bridgehead atoms. The maximum Gasteiger partial charge on any atom is 0.153 e. The molecule has 0 spiro atoms. The molecule has 86 valence electrons. The monoisotopic (exact) mass is 221 g/mol. The highest BCUT2D eigenvalue weighted by Gasteiger charge is 2.22. The standard InChI is InChI=1S/C12H16FN3/c1-7-8(12(2,3)4)6-9-11(10(7)13)16(5)15-14-9/h6H,1-5H3. The average Bonchev–Trinajstić information content (AvgIpc) is 2.52. The van der Waals surface area contributed by atoms with E-state index in [-0.39, 0.29) is 11.2 Å². The first-order valence-electron chi connectivity index (χ1n) is 5.31. The Hall–Kier alpha value is -1.45. The maximum absolute atomic E-state index is 14.2. The normalized spacial score (nSPS) is 12.4. The third-order valence-electron chi connectivity index (χ3n) is 2.88. The van der Waals surface area contributed by atoms with Crippen LogP contribution in [0.2, 0.25) is 0 Å². The molecule has 3 nitrogen and oxygen atoms in total. The van der Waals surface area contributed by atoms with Crippen LogP contribution in [0.25, 0.3) is 11.0 Å². The van der Waals surface area contributed by atoms with Gasteiger partial charge in [0.1, 0.15) is 11.0 Å². The Labute approximate surface area is 94.3 Å². The van der Waals surface area contributed by atoms with E-state index in [9.17, 15) is 4.39 Å². The number of fused-ring (bicyclic) bond motifs is 1. The van der Waals surface area contributed by atoms with Gasteiger partial charge in [0.15, 0.2) is 5.82 Å². The minimum Gasteiger partial charge on any atom is -0.245 e. The quantitative estimate of drug-likeness (QED) is 0.684. The first kappa shape index (κ1) is 11.0. The number of nitrogens with zero attached hydrogens (tertiary/aromatic N) is 3. The number of aromatic nitrogens is 3. The number of halogens is 1. The summed E-state index contributed by atoms with van der Waals surface area (Å²) in [5.74, 6) is -0.213. The van der Waals surface area contributed by atoms with Gasteiger partial charge in [-0.05, 0) is 29.5 Å². The largest absolute Gasteiger partial charge is 0.245 e. The van der Waals surface area contributed by atoms with Crippen LogP contribution in [0.4, 0.5) is 4.39 Å². The summed E-state index contributed by atoms with van der Waals surface area (Å²) in [6.07, 6.45) is 0. The van der Waals surface area contributed by atoms with Gasteiger partial charge >= 0.3 is 0 Å². The van der Waals surface area contributed by atoms with E-state index < -0.39 is 0 Å². The van der Waals surface area contributed by atoms with Crippen LogP contribution in [-0.4, -0.2) is 15.0 Å². The van der Waals surface area contributed by atoms with E-state index in [4.69, 9.17) is 0 Å². The fraction of sp³-hybridized carbons (Fsp3) is 0.500. The lowest BCUT2D eigenvalue weighted by molar-refractivity contribution is 0.565. The lowest BCUT2D eigenvalue weighted by Crippen LogP contribution is -2.14. The SMILES string of the molecule is Cc1c(C(C)(C)C)cc2nnn(C)c2c1F. The molecule has 0 aliphatic carbocycles. The van der Waals surface area contributed by atoms with E-state index in [0.29, 0.717) is 16.6 Å². The molecule has 0 aliphatic rings. The minimum absolute atomic E-state index is 0.0867. The van der Waals surface area contributed by atoms with Crippen molar-refractivity contribution in [3.05, 3.63) is 23.0 Å². The first-order chi connectivity index (χ1) is 7.32. The molecule has 0 aliphatic heterocycles. The van der Waals surface area contributed by atoms with Crippen molar-refractivity contribution in [1.29, 1.82) is 0 Å². The van der Waals surface area contributed by atoms with Gasteiger partial charge in [-0.1, -0.05) is 26.0 Å². The van der Waals surface area contributed by atoms with Crippen molar-refractivity contribution in [3.63, 3.8) is 0 Å². The van der Waals surface area contributed by atoms with Crippen molar-refractivity contribution in [2.75, 3.05) is 0 Å². The van der Waals surface area contributed by atoms with Gasteiger partial charge in [-0.2, -0.15) is 0 Å². The zero-order chi connectivity index (χ0) is 12.1. The molecule has 1 aromatic heterocycles. The fourth-order valence-electron chi connectivity index (χ4n) is 2.04. The van der Waals surface area contributed by atoms with Crippen molar-refractivity contribution in [1.82, 2.24) is 15.0 Å². The number of aryl methyl sites for hydroxylation is 1. The number of hydrogen-bond acceptors (Lipinski definition) is 2. The number of hydrogen-bond donors (Lipinski definition) is 0. The topological polar surface area (TPSA) is 30.7 Å². The smallest absolute Gasteiger partial charge is 0.153 e. The van der Waals surface area contributed by atoms with E-state index in [1.165, 1.54) is 4.68 Å². The van der Waals surface area contributed by atoms with E-state index in [2.05, 4.69) is 31.1 Å². The summed E-state index contributed by atoms with van der Waals surface area (Å²) in [4.78, 5) is 0.